The number of hydrogen-bond acceptors (Lipinski definition) is 3. The molecule has 0 aromatic heterocycles. The highest BCUT2D eigenvalue weighted by atomic mass is 16.4. The largest absolute Gasteiger partial charge is 0.481 e. The molecule has 0 aliphatic carbocycles. The van der Waals surface area contributed by atoms with Crippen LogP contribution in [0, 0.1) is 5.92 Å². The van der Waals surface area contributed by atoms with Crippen LogP contribution in [0.4, 0.5) is 4.79 Å². The highest BCUT2D eigenvalue weighted by molar-refractivity contribution is 5.75. The van der Waals surface area contributed by atoms with Crippen LogP contribution in [-0.4, -0.2) is 66.2 Å². The van der Waals surface area contributed by atoms with Gasteiger partial charge in [-0.15, -0.1) is 0 Å². The third-order valence-corrected chi connectivity index (χ3v) is 4.15. The summed E-state index contributed by atoms with van der Waals surface area (Å²) >= 11 is 0. The second-order valence-electron chi connectivity index (χ2n) is 6.09. The van der Waals surface area contributed by atoms with Crippen molar-refractivity contribution in [1.29, 1.82) is 0 Å². The number of carbonyl (C=O) groups is 2. The molecule has 2 N–H and O–H groups in total. The summed E-state index contributed by atoms with van der Waals surface area (Å²) in [6.45, 7) is 6.89. The van der Waals surface area contributed by atoms with Gasteiger partial charge in [0.2, 0.25) is 0 Å². The molecule has 1 saturated heterocycles. The van der Waals surface area contributed by atoms with Crippen LogP contribution in [-0.2, 0) is 4.79 Å². The zero-order chi connectivity index (χ0) is 15.8. The predicted octanol–water partition coefficient (Wildman–Crippen LogP) is 1.61. The molecule has 0 aromatic rings. The Labute approximate surface area is 127 Å². The molecule has 1 fully saturated rings. The van der Waals surface area contributed by atoms with Gasteiger partial charge in [-0.2, -0.15) is 0 Å². The van der Waals surface area contributed by atoms with Crippen LogP contribution in [0.1, 0.15) is 39.5 Å². The number of carbonyl (C=O) groups excluding carboxylic acids is 1. The van der Waals surface area contributed by atoms with Crippen LogP contribution < -0.4 is 5.32 Å². The van der Waals surface area contributed by atoms with E-state index in [2.05, 4.69) is 17.1 Å². The first-order chi connectivity index (χ1) is 9.91. The number of aliphatic carboxylic acids is 1. The molecule has 2 atom stereocenters. The lowest BCUT2D eigenvalue weighted by molar-refractivity contribution is -0.141. The van der Waals surface area contributed by atoms with E-state index in [1.54, 1.807) is 14.0 Å². The second-order valence-corrected chi connectivity index (χ2v) is 6.09. The number of urea groups is 1. The summed E-state index contributed by atoms with van der Waals surface area (Å²) in [5, 5.41) is 11.7. The van der Waals surface area contributed by atoms with Crippen LogP contribution in [0.3, 0.4) is 0 Å². The van der Waals surface area contributed by atoms with Gasteiger partial charge in [-0.25, -0.2) is 4.79 Å². The summed E-state index contributed by atoms with van der Waals surface area (Å²) < 4.78 is 0. The fourth-order valence-electron chi connectivity index (χ4n) is 2.67. The van der Waals surface area contributed by atoms with E-state index in [9.17, 15) is 9.59 Å². The molecule has 2 unspecified atom stereocenters. The zero-order valence-electron chi connectivity index (χ0n) is 13.5. The fraction of sp³-hybridized carbons (Fsp3) is 0.867. The third-order valence-electron chi connectivity index (χ3n) is 4.15. The summed E-state index contributed by atoms with van der Waals surface area (Å²) in [4.78, 5) is 26.5. The number of carboxylic acids is 1. The van der Waals surface area contributed by atoms with E-state index in [0.29, 0.717) is 12.6 Å². The molecular formula is C15H29N3O3. The summed E-state index contributed by atoms with van der Waals surface area (Å²) in [7, 11) is 1.63. The number of amides is 2. The van der Waals surface area contributed by atoms with Crippen molar-refractivity contribution in [3.63, 3.8) is 0 Å². The quantitative estimate of drug-likeness (QED) is 0.701. The van der Waals surface area contributed by atoms with Crippen molar-refractivity contribution in [2.24, 2.45) is 5.92 Å². The first kappa shape index (κ1) is 17.8. The van der Waals surface area contributed by atoms with E-state index in [4.69, 9.17) is 5.11 Å². The van der Waals surface area contributed by atoms with Gasteiger partial charge in [0.05, 0.1) is 5.92 Å². The van der Waals surface area contributed by atoms with Crippen LogP contribution in [0.2, 0.25) is 0 Å². The number of likely N-dealkylation sites (tertiary alicyclic amines) is 1. The molecule has 21 heavy (non-hydrogen) atoms. The first-order valence-corrected chi connectivity index (χ1v) is 7.87. The van der Waals surface area contributed by atoms with Gasteiger partial charge in [-0.1, -0.05) is 13.3 Å². The second kappa shape index (κ2) is 8.87. The number of rotatable bonds is 7. The van der Waals surface area contributed by atoms with Crippen LogP contribution >= 0.6 is 0 Å². The van der Waals surface area contributed by atoms with E-state index < -0.39 is 11.9 Å². The minimum absolute atomic E-state index is 0.199. The molecule has 1 aliphatic heterocycles. The first-order valence-electron chi connectivity index (χ1n) is 7.87. The Balaban J connectivity index is 2.16. The molecule has 1 rings (SSSR count). The van der Waals surface area contributed by atoms with E-state index in [1.807, 2.05) is 0 Å². The zero-order valence-corrected chi connectivity index (χ0v) is 13.5. The summed E-state index contributed by atoms with van der Waals surface area (Å²) in [6, 6.07) is 0.448. The SMILES string of the molecule is CC(CN(C)C(=O)NCCCN1CCCCC1C)C(=O)O. The standard InChI is InChI=1S/C15H29N3O3/c1-12(14(19)20)11-17(3)15(21)16-8-6-10-18-9-5-4-7-13(18)2/h12-13H,4-11H2,1-3H3,(H,16,21)(H,19,20). The van der Waals surface area contributed by atoms with Crippen molar-refractivity contribution >= 4 is 12.0 Å². The van der Waals surface area contributed by atoms with Gasteiger partial charge in [0, 0.05) is 32.7 Å². The Kier molecular flexibility index (Phi) is 7.50. The van der Waals surface area contributed by atoms with Crippen molar-refractivity contribution < 1.29 is 14.7 Å². The van der Waals surface area contributed by atoms with Gasteiger partial charge >= 0.3 is 12.0 Å². The average Bonchev–Trinajstić information content (AvgIpc) is 2.44. The van der Waals surface area contributed by atoms with Gasteiger partial charge in [0.15, 0.2) is 0 Å². The number of nitrogens with one attached hydrogen (secondary N) is 1. The number of carboxylic acid groups (broad SMARTS) is 1. The van der Waals surface area contributed by atoms with E-state index in [0.717, 1.165) is 19.5 Å². The maximum Gasteiger partial charge on any atom is 0.317 e. The van der Waals surface area contributed by atoms with Gasteiger partial charge in [-0.3, -0.25) is 4.79 Å². The van der Waals surface area contributed by atoms with E-state index >= 15 is 0 Å². The highest BCUT2D eigenvalue weighted by Gasteiger charge is 2.18. The number of piperidine rings is 1. The number of nitrogens with zero attached hydrogens (tertiary/aromatic N) is 2. The van der Waals surface area contributed by atoms with Gasteiger partial charge in [0.25, 0.3) is 0 Å². The predicted molar refractivity (Wildman–Crippen MR) is 82.3 cm³/mol. The third kappa shape index (κ3) is 6.33. The summed E-state index contributed by atoms with van der Waals surface area (Å²) in [5.74, 6) is -1.43. The molecule has 122 valence electrons. The normalized spacial score (nSPS) is 20.8. The Morgan fingerprint density at radius 2 is 2.14 bits per heavy atom. The molecule has 2 amide bonds. The Morgan fingerprint density at radius 3 is 2.76 bits per heavy atom. The molecule has 0 spiro atoms. The highest BCUT2D eigenvalue weighted by Crippen LogP contribution is 2.16. The maximum absolute atomic E-state index is 11.8. The Morgan fingerprint density at radius 1 is 1.43 bits per heavy atom. The smallest absolute Gasteiger partial charge is 0.317 e. The Bertz CT molecular complexity index is 349. The summed E-state index contributed by atoms with van der Waals surface area (Å²) in [5.41, 5.74) is 0. The topological polar surface area (TPSA) is 72.9 Å². The fourth-order valence-corrected chi connectivity index (χ4v) is 2.67. The molecule has 6 nitrogen and oxygen atoms in total. The van der Waals surface area contributed by atoms with Crippen LogP contribution in [0.15, 0.2) is 0 Å². The molecule has 0 saturated carbocycles. The van der Waals surface area contributed by atoms with Crippen molar-refractivity contribution in [2.75, 3.05) is 33.2 Å². The van der Waals surface area contributed by atoms with Gasteiger partial charge < -0.3 is 20.2 Å². The van der Waals surface area contributed by atoms with Gasteiger partial charge in [0.1, 0.15) is 0 Å². The van der Waals surface area contributed by atoms with Crippen molar-refractivity contribution in [1.82, 2.24) is 15.1 Å². The molecular weight excluding hydrogens is 270 g/mol. The summed E-state index contributed by atoms with van der Waals surface area (Å²) in [6.07, 6.45) is 4.79. The lowest BCUT2D eigenvalue weighted by atomic mass is 10.0. The van der Waals surface area contributed by atoms with Gasteiger partial charge in [-0.05, 0) is 32.7 Å². The molecule has 0 aromatic carbocycles. The Hall–Kier alpha value is -1.30. The van der Waals surface area contributed by atoms with Crippen molar-refractivity contribution in [3.05, 3.63) is 0 Å². The van der Waals surface area contributed by atoms with E-state index in [-0.39, 0.29) is 12.6 Å². The molecule has 0 bridgehead atoms. The monoisotopic (exact) mass is 299 g/mol. The minimum atomic E-state index is -0.881. The van der Waals surface area contributed by atoms with Crippen LogP contribution in [0.5, 0.6) is 0 Å². The van der Waals surface area contributed by atoms with Crippen molar-refractivity contribution in [3.8, 4) is 0 Å². The lowest BCUT2D eigenvalue weighted by Crippen LogP contribution is -2.42. The van der Waals surface area contributed by atoms with E-state index in [1.165, 1.54) is 24.2 Å². The van der Waals surface area contributed by atoms with Crippen molar-refractivity contribution in [2.45, 2.75) is 45.6 Å². The van der Waals surface area contributed by atoms with Crippen LogP contribution in [0.25, 0.3) is 0 Å². The average molecular weight is 299 g/mol. The molecule has 0 radical (unpaired) electrons. The maximum atomic E-state index is 11.8. The molecule has 6 heteroatoms. The minimum Gasteiger partial charge on any atom is -0.481 e. The molecule has 1 heterocycles. The number of hydrogen-bond donors (Lipinski definition) is 2. The lowest BCUT2D eigenvalue weighted by Gasteiger charge is -2.33. The molecule has 1 aliphatic rings.